The third kappa shape index (κ3) is 0.970. The molecule has 0 saturated heterocycles. The van der Waals surface area contributed by atoms with Crippen molar-refractivity contribution in [3.05, 3.63) is 29.3 Å². The zero-order valence-electron chi connectivity index (χ0n) is 7.76. The van der Waals surface area contributed by atoms with Crippen LogP contribution in [0.4, 0.5) is 5.69 Å². The molecule has 0 radical (unpaired) electrons. The van der Waals surface area contributed by atoms with Gasteiger partial charge in [-0.2, -0.15) is 0 Å². The SMILES string of the molecule is CC1=Nc2ccc(C)cc2C1C. The number of nitrogens with zero attached hydrogens (tertiary/aromatic N) is 1. The van der Waals surface area contributed by atoms with Crippen molar-refractivity contribution in [2.45, 2.75) is 26.7 Å². The zero-order chi connectivity index (χ0) is 8.72. The molecule has 0 aromatic heterocycles. The van der Waals surface area contributed by atoms with E-state index in [0.717, 1.165) is 5.69 Å². The van der Waals surface area contributed by atoms with Gasteiger partial charge >= 0.3 is 0 Å². The van der Waals surface area contributed by atoms with Crippen molar-refractivity contribution < 1.29 is 0 Å². The highest BCUT2D eigenvalue weighted by atomic mass is 14.8. The summed E-state index contributed by atoms with van der Waals surface area (Å²) >= 11 is 0. The summed E-state index contributed by atoms with van der Waals surface area (Å²) in [6.07, 6.45) is 0. The summed E-state index contributed by atoms with van der Waals surface area (Å²) in [5.41, 5.74) is 5.10. The molecule has 1 nitrogen and oxygen atoms in total. The van der Waals surface area contributed by atoms with Crippen LogP contribution in [0.3, 0.4) is 0 Å². The van der Waals surface area contributed by atoms with Crippen LogP contribution in [0, 0.1) is 6.92 Å². The Morgan fingerprint density at radius 1 is 1.25 bits per heavy atom. The number of hydrogen-bond donors (Lipinski definition) is 0. The summed E-state index contributed by atoms with van der Waals surface area (Å²) < 4.78 is 0. The number of hydrogen-bond acceptors (Lipinski definition) is 1. The number of fused-ring (bicyclic) bond motifs is 1. The highest BCUT2D eigenvalue weighted by Crippen LogP contribution is 2.35. The molecule has 0 spiro atoms. The molecule has 12 heavy (non-hydrogen) atoms. The lowest BCUT2D eigenvalue weighted by molar-refractivity contribution is 1.05. The maximum absolute atomic E-state index is 4.49. The topological polar surface area (TPSA) is 12.4 Å². The van der Waals surface area contributed by atoms with Crippen LogP contribution < -0.4 is 0 Å². The summed E-state index contributed by atoms with van der Waals surface area (Å²) in [6.45, 7) is 6.44. The summed E-state index contributed by atoms with van der Waals surface area (Å²) in [5.74, 6) is 0.514. The molecular weight excluding hydrogens is 146 g/mol. The Morgan fingerprint density at radius 2 is 2.00 bits per heavy atom. The predicted molar refractivity (Wildman–Crippen MR) is 52.4 cm³/mol. The van der Waals surface area contributed by atoms with Crippen molar-refractivity contribution in [2.24, 2.45) is 4.99 Å². The molecule has 0 saturated carbocycles. The van der Waals surface area contributed by atoms with Gasteiger partial charge in [0.15, 0.2) is 0 Å². The second-order valence-corrected chi connectivity index (χ2v) is 3.54. The molecule has 0 amide bonds. The van der Waals surface area contributed by atoms with E-state index in [0.29, 0.717) is 5.92 Å². The average Bonchev–Trinajstić information content (AvgIpc) is 2.31. The second kappa shape index (κ2) is 2.44. The number of benzene rings is 1. The van der Waals surface area contributed by atoms with Crippen LogP contribution in [-0.4, -0.2) is 5.71 Å². The molecule has 1 heteroatoms. The monoisotopic (exact) mass is 159 g/mol. The van der Waals surface area contributed by atoms with Gasteiger partial charge in [0, 0.05) is 11.6 Å². The van der Waals surface area contributed by atoms with Crippen molar-refractivity contribution in [3.8, 4) is 0 Å². The molecule has 1 heterocycles. The fourth-order valence-electron chi connectivity index (χ4n) is 1.63. The lowest BCUT2D eigenvalue weighted by atomic mass is 9.97. The molecule has 1 atom stereocenters. The number of aliphatic imine (C=N–C) groups is 1. The summed E-state index contributed by atoms with van der Waals surface area (Å²) in [7, 11) is 0. The summed E-state index contributed by atoms with van der Waals surface area (Å²) in [6, 6.07) is 6.46. The van der Waals surface area contributed by atoms with Gasteiger partial charge < -0.3 is 0 Å². The van der Waals surface area contributed by atoms with E-state index >= 15 is 0 Å². The largest absolute Gasteiger partial charge is 0.257 e. The lowest BCUT2D eigenvalue weighted by Crippen LogP contribution is -1.98. The Morgan fingerprint density at radius 3 is 2.75 bits per heavy atom. The van der Waals surface area contributed by atoms with Gasteiger partial charge in [-0.15, -0.1) is 0 Å². The van der Waals surface area contributed by atoms with E-state index in [1.165, 1.54) is 16.8 Å². The maximum Gasteiger partial charge on any atom is 0.0667 e. The standard InChI is InChI=1S/C11H13N/c1-7-4-5-11-10(6-7)8(2)9(3)12-11/h4-6,8H,1-3H3. The number of rotatable bonds is 0. The second-order valence-electron chi connectivity index (χ2n) is 3.54. The Labute approximate surface area is 73.1 Å². The van der Waals surface area contributed by atoms with E-state index in [4.69, 9.17) is 0 Å². The molecule has 1 unspecified atom stereocenters. The van der Waals surface area contributed by atoms with E-state index in [9.17, 15) is 0 Å². The van der Waals surface area contributed by atoms with Gasteiger partial charge in [-0.05, 0) is 25.5 Å². The Kier molecular flexibility index (Phi) is 1.53. The molecule has 62 valence electrons. The third-order valence-electron chi connectivity index (χ3n) is 2.57. The smallest absolute Gasteiger partial charge is 0.0667 e. The maximum atomic E-state index is 4.49. The van der Waals surface area contributed by atoms with Gasteiger partial charge in [-0.3, -0.25) is 4.99 Å². The van der Waals surface area contributed by atoms with Crippen molar-refractivity contribution >= 4 is 11.4 Å². The van der Waals surface area contributed by atoms with Gasteiger partial charge in [0.1, 0.15) is 0 Å². The minimum absolute atomic E-state index is 0.514. The first-order valence-electron chi connectivity index (χ1n) is 4.34. The Bertz CT molecular complexity index is 350. The molecule has 1 aromatic carbocycles. The third-order valence-corrected chi connectivity index (χ3v) is 2.57. The fraction of sp³-hybridized carbons (Fsp3) is 0.364. The quantitative estimate of drug-likeness (QED) is 0.551. The van der Waals surface area contributed by atoms with Gasteiger partial charge in [-0.1, -0.05) is 24.6 Å². The highest BCUT2D eigenvalue weighted by Gasteiger charge is 2.19. The van der Waals surface area contributed by atoms with Crippen LogP contribution in [0.15, 0.2) is 23.2 Å². The first-order valence-corrected chi connectivity index (χ1v) is 4.34. The lowest BCUT2D eigenvalue weighted by Gasteiger charge is -2.04. The van der Waals surface area contributed by atoms with E-state index in [-0.39, 0.29) is 0 Å². The van der Waals surface area contributed by atoms with Gasteiger partial charge in [0.2, 0.25) is 0 Å². The average molecular weight is 159 g/mol. The van der Waals surface area contributed by atoms with Gasteiger partial charge in [0.25, 0.3) is 0 Å². The van der Waals surface area contributed by atoms with Crippen LogP contribution in [0.1, 0.15) is 30.9 Å². The van der Waals surface area contributed by atoms with E-state index < -0.39 is 0 Å². The summed E-state index contributed by atoms with van der Waals surface area (Å²) in [5, 5.41) is 0. The van der Waals surface area contributed by atoms with Crippen molar-refractivity contribution in [1.82, 2.24) is 0 Å². The van der Waals surface area contributed by atoms with Gasteiger partial charge in [0.05, 0.1) is 5.69 Å². The molecular formula is C11H13N. The van der Waals surface area contributed by atoms with Crippen LogP contribution in [0.2, 0.25) is 0 Å². The van der Waals surface area contributed by atoms with Crippen LogP contribution in [-0.2, 0) is 0 Å². The van der Waals surface area contributed by atoms with Gasteiger partial charge in [-0.25, -0.2) is 0 Å². The van der Waals surface area contributed by atoms with Crippen LogP contribution in [0.25, 0.3) is 0 Å². The van der Waals surface area contributed by atoms with Crippen LogP contribution in [0.5, 0.6) is 0 Å². The van der Waals surface area contributed by atoms with Crippen LogP contribution >= 0.6 is 0 Å². The van der Waals surface area contributed by atoms with E-state index in [1.807, 2.05) is 0 Å². The van der Waals surface area contributed by atoms with Crippen molar-refractivity contribution in [2.75, 3.05) is 0 Å². The first-order chi connectivity index (χ1) is 5.68. The minimum atomic E-state index is 0.514. The van der Waals surface area contributed by atoms with Crippen molar-refractivity contribution in [1.29, 1.82) is 0 Å². The molecule has 1 aliphatic heterocycles. The molecule has 0 N–H and O–H groups in total. The van der Waals surface area contributed by atoms with E-state index in [1.54, 1.807) is 0 Å². The van der Waals surface area contributed by atoms with Crippen molar-refractivity contribution in [3.63, 3.8) is 0 Å². The molecule has 1 aromatic rings. The highest BCUT2D eigenvalue weighted by molar-refractivity contribution is 5.96. The fourth-order valence-corrected chi connectivity index (χ4v) is 1.63. The molecule has 2 rings (SSSR count). The molecule has 0 bridgehead atoms. The normalized spacial score (nSPS) is 20.6. The predicted octanol–water partition coefficient (Wildman–Crippen LogP) is 3.20. The zero-order valence-corrected chi connectivity index (χ0v) is 7.76. The summed E-state index contributed by atoms with van der Waals surface area (Å²) in [4.78, 5) is 4.49. The first kappa shape index (κ1) is 7.53. The van der Waals surface area contributed by atoms with E-state index in [2.05, 4.69) is 44.0 Å². The Balaban J connectivity index is 2.57. The Hall–Kier alpha value is -1.11. The molecule has 1 aliphatic rings. The minimum Gasteiger partial charge on any atom is -0.257 e. The number of aryl methyl sites for hydroxylation is 1. The molecule has 0 aliphatic carbocycles. The molecule has 0 fully saturated rings.